The topological polar surface area (TPSA) is 55.4 Å². The molecule has 130 valence electrons. The van der Waals surface area contributed by atoms with Crippen LogP contribution < -0.4 is 5.32 Å². The summed E-state index contributed by atoms with van der Waals surface area (Å²) in [5.41, 5.74) is 2.98. The highest BCUT2D eigenvalue weighted by molar-refractivity contribution is 6.31. The average molecular weight is 366 g/mol. The molecule has 1 amide bonds. The summed E-state index contributed by atoms with van der Waals surface area (Å²) < 4.78 is 4.75. The molecule has 0 fully saturated rings. The Morgan fingerprint density at radius 2 is 1.62 bits per heavy atom. The van der Waals surface area contributed by atoms with Crippen LogP contribution in [-0.2, 0) is 4.74 Å². The van der Waals surface area contributed by atoms with Gasteiger partial charge in [-0.3, -0.25) is 4.79 Å². The highest BCUT2D eigenvalue weighted by atomic mass is 35.5. The van der Waals surface area contributed by atoms with E-state index in [2.05, 4.69) is 5.32 Å². The van der Waals surface area contributed by atoms with E-state index < -0.39 is 5.97 Å². The van der Waals surface area contributed by atoms with Crippen molar-refractivity contribution in [3.05, 3.63) is 88.9 Å². The average Bonchev–Trinajstić information content (AvgIpc) is 2.69. The minimum absolute atomic E-state index is 0.201. The second-order valence-corrected chi connectivity index (χ2v) is 6.02. The molecule has 0 saturated heterocycles. The fourth-order valence-corrected chi connectivity index (χ4v) is 2.74. The molecule has 0 aliphatic heterocycles. The van der Waals surface area contributed by atoms with Gasteiger partial charge in [-0.15, -0.1) is 0 Å². The summed E-state index contributed by atoms with van der Waals surface area (Å²) in [6.07, 6.45) is 0. The summed E-state index contributed by atoms with van der Waals surface area (Å²) in [6, 6.07) is 21.7. The third kappa shape index (κ3) is 3.92. The predicted octanol–water partition coefficient (Wildman–Crippen LogP) is 5.05. The Balaban J connectivity index is 1.89. The molecule has 0 aliphatic carbocycles. The van der Waals surface area contributed by atoms with E-state index in [4.69, 9.17) is 16.3 Å². The number of amides is 1. The van der Waals surface area contributed by atoms with E-state index in [1.54, 1.807) is 24.3 Å². The molecular weight excluding hydrogens is 350 g/mol. The number of esters is 1. The van der Waals surface area contributed by atoms with Crippen LogP contribution in [0.5, 0.6) is 0 Å². The summed E-state index contributed by atoms with van der Waals surface area (Å²) in [5, 5.41) is 3.13. The number of halogens is 1. The van der Waals surface area contributed by atoms with E-state index in [9.17, 15) is 9.59 Å². The van der Waals surface area contributed by atoms with Crippen molar-refractivity contribution in [3.63, 3.8) is 0 Å². The lowest BCUT2D eigenvalue weighted by Crippen LogP contribution is -2.15. The molecule has 0 atom stereocenters. The molecule has 3 aromatic carbocycles. The summed E-state index contributed by atoms with van der Waals surface area (Å²) in [4.78, 5) is 24.6. The number of carbonyl (C=O) groups is 2. The molecule has 5 heteroatoms. The Labute approximate surface area is 156 Å². The second-order valence-electron chi connectivity index (χ2n) is 5.58. The molecule has 0 heterocycles. The normalized spacial score (nSPS) is 10.2. The summed E-state index contributed by atoms with van der Waals surface area (Å²) >= 11 is 5.94. The maximum atomic E-state index is 12.6. The lowest BCUT2D eigenvalue weighted by atomic mass is 10.0. The van der Waals surface area contributed by atoms with E-state index in [0.29, 0.717) is 16.3 Å². The molecule has 3 aromatic rings. The monoisotopic (exact) mass is 365 g/mol. The number of benzene rings is 3. The fourth-order valence-electron chi connectivity index (χ4n) is 2.57. The van der Waals surface area contributed by atoms with Gasteiger partial charge in [0, 0.05) is 10.6 Å². The van der Waals surface area contributed by atoms with Crippen LogP contribution in [0.15, 0.2) is 72.8 Å². The summed E-state index contributed by atoms with van der Waals surface area (Å²) in [7, 11) is 1.28. The largest absolute Gasteiger partial charge is 0.465 e. The van der Waals surface area contributed by atoms with Gasteiger partial charge in [0.25, 0.3) is 5.91 Å². The molecule has 0 aromatic heterocycles. The molecule has 0 bridgehead atoms. The number of hydrogen-bond donors (Lipinski definition) is 1. The Kier molecular flexibility index (Phi) is 5.34. The predicted molar refractivity (Wildman–Crippen MR) is 103 cm³/mol. The van der Waals surface area contributed by atoms with E-state index in [1.807, 2.05) is 42.5 Å². The lowest BCUT2D eigenvalue weighted by Gasteiger charge is -2.11. The van der Waals surface area contributed by atoms with E-state index in [0.717, 1.165) is 11.1 Å². The lowest BCUT2D eigenvalue weighted by molar-refractivity contribution is 0.0602. The van der Waals surface area contributed by atoms with Crippen LogP contribution in [0, 0.1) is 0 Å². The number of anilines is 1. The first-order chi connectivity index (χ1) is 12.6. The number of nitrogens with one attached hydrogen (secondary N) is 1. The van der Waals surface area contributed by atoms with Gasteiger partial charge in [0.15, 0.2) is 0 Å². The van der Waals surface area contributed by atoms with Crippen LogP contribution in [0.1, 0.15) is 20.7 Å². The number of methoxy groups -OCH3 is 1. The van der Waals surface area contributed by atoms with Crippen molar-refractivity contribution in [2.75, 3.05) is 12.4 Å². The summed E-state index contributed by atoms with van der Waals surface area (Å²) in [5.74, 6) is -0.893. The highest BCUT2D eigenvalue weighted by Crippen LogP contribution is 2.24. The van der Waals surface area contributed by atoms with Crippen molar-refractivity contribution in [2.24, 2.45) is 0 Å². The molecule has 4 nitrogen and oxygen atoms in total. The molecule has 0 unspecified atom stereocenters. The van der Waals surface area contributed by atoms with Gasteiger partial charge in [0.1, 0.15) is 0 Å². The van der Waals surface area contributed by atoms with Gasteiger partial charge in [0.05, 0.1) is 18.4 Å². The maximum absolute atomic E-state index is 12.6. The molecule has 1 N–H and O–H groups in total. The molecule has 0 radical (unpaired) electrons. The quantitative estimate of drug-likeness (QED) is 0.658. The van der Waals surface area contributed by atoms with Gasteiger partial charge in [0.2, 0.25) is 0 Å². The smallest absolute Gasteiger partial charge is 0.340 e. The summed E-state index contributed by atoms with van der Waals surface area (Å²) in [6.45, 7) is 0. The number of hydrogen-bond acceptors (Lipinski definition) is 3. The third-order valence-electron chi connectivity index (χ3n) is 3.87. The van der Waals surface area contributed by atoms with Gasteiger partial charge in [-0.05, 0) is 41.5 Å². The second kappa shape index (κ2) is 7.85. The molecule has 0 aliphatic rings. The van der Waals surface area contributed by atoms with Crippen LogP contribution in [0.25, 0.3) is 11.1 Å². The van der Waals surface area contributed by atoms with Gasteiger partial charge < -0.3 is 10.1 Å². The van der Waals surface area contributed by atoms with Gasteiger partial charge in [-0.25, -0.2) is 4.79 Å². The Morgan fingerprint density at radius 3 is 2.35 bits per heavy atom. The first kappa shape index (κ1) is 17.7. The zero-order valence-electron chi connectivity index (χ0n) is 14.0. The zero-order chi connectivity index (χ0) is 18.5. The van der Waals surface area contributed by atoms with Crippen molar-refractivity contribution in [3.8, 4) is 11.1 Å². The zero-order valence-corrected chi connectivity index (χ0v) is 14.8. The number of ether oxygens (including phenoxy) is 1. The van der Waals surface area contributed by atoms with Crippen LogP contribution >= 0.6 is 11.6 Å². The van der Waals surface area contributed by atoms with Crippen LogP contribution in [0.4, 0.5) is 5.69 Å². The van der Waals surface area contributed by atoms with E-state index in [1.165, 1.54) is 13.2 Å². The van der Waals surface area contributed by atoms with Gasteiger partial charge >= 0.3 is 5.97 Å². The van der Waals surface area contributed by atoms with E-state index >= 15 is 0 Å². The highest BCUT2D eigenvalue weighted by Gasteiger charge is 2.16. The van der Waals surface area contributed by atoms with Crippen molar-refractivity contribution in [1.82, 2.24) is 0 Å². The van der Waals surface area contributed by atoms with Crippen molar-refractivity contribution in [1.29, 1.82) is 0 Å². The Bertz CT molecular complexity index is 954. The molecule has 0 saturated carbocycles. The van der Waals surface area contributed by atoms with E-state index in [-0.39, 0.29) is 11.5 Å². The first-order valence-corrected chi connectivity index (χ1v) is 8.31. The molecule has 26 heavy (non-hydrogen) atoms. The van der Waals surface area contributed by atoms with Crippen molar-refractivity contribution in [2.45, 2.75) is 0 Å². The van der Waals surface area contributed by atoms with Crippen LogP contribution in [0.2, 0.25) is 5.02 Å². The van der Waals surface area contributed by atoms with Crippen molar-refractivity contribution >= 4 is 29.2 Å². The fraction of sp³-hybridized carbons (Fsp3) is 0.0476. The van der Waals surface area contributed by atoms with Crippen molar-refractivity contribution < 1.29 is 14.3 Å². The first-order valence-electron chi connectivity index (χ1n) is 7.93. The standard InChI is InChI=1S/C21H16ClNO3/c1-26-21(25)18-13-17(22)10-11-19(18)23-20(24)16-9-5-8-15(12-16)14-6-3-2-4-7-14/h2-13H,1H3,(H,23,24). The molecule has 3 rings (SSSR count). The molecular formula is C21H16ClNO3. The molecule has 0 spiro atoms. The number of carbonyl (C=O) groups excluding carboxylic acids is 2. The maximum Gasteiger partial charge on any atom is 0.340 e. The Hall–Kier alpha value is -3.11. The number of rotatable bonds is 4. The van der Waals surface area contributed by atoms with Crippen LogP contribution in [0.3, 0.4) is 0 Å². The SMILES string of the molecule is COC(=O)c1cc(Cl)ccc1NC(=O)c1cccc(-c2ccccc2)c1. The third-order valence-corrected chi connectivity index (χ3v) is 4.10. The Morgan fingerprint density at radius 1 is 0.885 bits per heavy atom. The van der Waals surface area contributed by atoms with Gasteiger partial charge in [-0.1, -0.05) is 54.1 Å². The minimum atomic E-state index is -0.569. The van der Waals surface area contributed by atoms with Crippen LogP contribution in [-0.4, -0.2) is 19.0 Å². The van der Waals surface area contributed by atoms with Gasteiger partial charge in [-0.2, -0.15) is 0 Å². The minimum Gasteiger partial charge on any atom is -0.465 e.